The van der Waals surface area contributed by atoms with E-state index in [4.69, 9.17) is 10.9 Å². The van der Waals surface area contributed by atoms with E-state index in [9.17, 15) is 0 Å². The number of pyridine rings is 1. The SMILES string of the molecule is CCC(C)CN(CC)c1cc(/C(N)=N/O)cc(C)n1. The average Bonchev–Trinajstić information content (AvgIpc) is 2.42. The van der Waals surface area contributed by atoms with Crippen molar-refractivity contribution in [3.05, 3.63) is 23.4 Å². The lowest BCUT2D eigenvalue weighted by Gasteiger charge is -2.25. The third-order valence-corrected chi connectivity index (χ3v) is 3.28. The Labute approximate surface area is 115 Å². The molecule has 3 N–H and O–H groups in total. The summed E-state index contributed by atoms with van der Waals surface area (Å²) in [5, 5.41) is 11.8. The minimum atomic E-state index is 0.117. The normalized spacial score (nSPS) is 13.4. The van der Waals surface area contributed by atoms with Gasteiger partial charge in [-0.3, -0.25) is 0 Å². The molecule has 0 aliphatic heterocycles. The fourth-order valence-corrected chi connectivity index (χ4v) is 1.91. The highest BCUT2D eigenvalue weighted by Gasteiger charge is 2.12. The molecule has 5 nitrogen and oxygen atoms in total. The molecule has 0 radical (unpaired) electrons. The number of hydrogen-bond acceptors (Lipinski definition) is 4. The first-order valence-corrected chi connectivity index (χ1v) is 6.73. The molecule has 0 bridgehead atoms. The molecule has 0 aromatic carbocycles. The van der Waals surface area contributed by atoms with E-state index in [2.05, 4.69) is 35.8 Å². The Balaban J connectivity index is 3.07. The van der Waals surface area contributed by atoms with Crippen LogP contribution in [0, 0.1) is 12.8 Å². The summed E-state index contributed by atoms with van der Waals surface area (Å²) in [5.74, 6) is 1.60. The Hall–Kier alpha value is -1.78. The van der Waals surface area contributed by atoms with Crippen LogP contribution in [0.2, 0.25) is 0 Å². The van der Waals surface area contributed by atoms with E-state index >= 15 is 0 Å². The van der Waals surface area contributed by atoms with Gasteiger partial charge in [0.05, 0.1) is 0 Å². The van der Waals surface area contributed by atoms with E-state index in [1.807, 2.05) is 19.1 Å². The highest BCUT2D eigenvalue weighted by Crippen LogP contribution is 2.17. The van der Waals surface area contributed by atoms with Crippen LogP contribution in [0.4, 0.5) is 5.82 Å². The summed E-state index contributed by atoms with van der Waals surface area (Å²) < 4.78 is 0. The molecule has 5 heteroatoms. The first-order valence-electron chi connectivity index (χ1n) is 6.73. The summed E-state index contributed by atoms with van der Waals surface area (Å²) in [7, 11) is 0. The van der Waals surface area contributed by atoms with Crippen LogP contribution in [0.1, 0.15) is 38.4 Å². The van der Waals surface area contributed by atoms with E-state index in [1.165, 1.54) is 0 Å². The number of anilines is 1. The molecule has 19 heavy (non-hydrogen) atoms. The van der Waals surface area contributed by atoms with Crippen molar-refractivity contribution in [2.24, 2.45) is 16.8 Å². The maximum atomic E-state index is 8.78. The molecule has 1 atom stereocenters. The van der Waals surface area contributed by atoms with Crippen LogP contribution < -0.4 is 10.6 Å². The van der Waals surface area contributed by atoms with Gasteiger partial charge in [-0.15, -0.1) is 0 Å². The standard InChI is InChI=1S/C14H24N4O/c1-5-10(3)9-18(6-2)13-8-12(14(15)17-19)7-11(4)16-13/h7-8,10,19H,5-6,9H2,1-4H3,(H2,15,17). The molecule has 0 aliphatic rings. The molecule has 1 aromatic heterocycles. The largest absolute Gasteiger partial charge is 0.409 e. The smallest absolute Gasteiger partial charge is 0.170 e. The van der Waals surface area contributed by atoms with Gasteiger partial charge in [0.25, 0.3) is 0 Å². The van der Waals surface area contributed by atoms with Gasteiger partial charge in [0.15, 0.2) is 5.84 Å². The Morgan fingerprint density at radius 2 is 2.16 bits per heavy atom. The second kappa shape index (κ2) is 6.97. The van der Waals surface area contributed by atoms with Gasteiger partial charge < -0.3 is 15.8 Å². The Bertz CT molecular complexity index is 445. The van der Waals surface area contributed by atoms with E-state index in [0.29, 0.717) is 11.5 Å². The number of aromatic nitrogens is 1. The molecule has 0 saturated heterocycles. The minimum Gasteiger partial charge on any atom is -0.409 e. The highest BCUT2D eigenvalue weighted by molar-refractivity contribution is 5.97. The molecule has 1 rings (SSSR count). The first kappa shape index (κ1) is 15.3. The number of amidine groups is 1. The maximum absolute atomic E-state index is 8.78. The van der Waals surface area contributed by atoms with Gasteiger partial charge in [0.2, 0.25) is 0 Å². The van der Waals surface area contributed by atoms with Crippen LogP contribution in [0.25, 0.3) is 0 Å². The van der Waals surface area contributed by atoms with Crippen LogP contribution in [-0.2, 0) is 0 Å². The van der Waals surface area contributed by atoms with Crippen molar-refractivity contribution in [3.63, 3.8) is 0 Å². The van der Waals surface area contributed by atoms with Gasteiger partial charge in [-0.2, -0.15) is 0 Å². The molecule has 0 fully saturated rings. The number of hydrogen-bond donors (Lipinski definition) is 2. The predicted octanol–water partition coefficient (Wildman–Crippen LogP) is 2.36. The van der Waals surface area contributed by atoms with Crippen LogP contribution in [-0.4, -0.2) is 29.1 Å². The van der Waals surface area contributed by atoms with E-state index in [0.717, 1.165) is 31.0 Å². The first-order chi connectivity index (χ1) is 9.01. The van der Waals surface area contributed by atoms with Gasteiger partial charge in [0, 0.05) is 24.3 Å². The molecule has 1 heterocycles. The average molecular weight is 264 g/mol. The van der Waals surface area contributed by atoms with E-state index < -0.39 is 0 Å². The van der Waals surface area contributed by atoms with Gasteiger partial charge in [-0.05, 0) is 31.9 Å². The van der Waals surface area contributed by atoms with Gasteiger partial charge >= 0.3 is 0 Å². The van der Waals surface area contributed by atoms with E-state index in [1.54, 1.807) is 0 Å². The van der Waals surface area contributed by atoms with E-state index in [-0.39, 0.29) is 5.84 Å². The van der Waals surface area contributed by atoms with Crippen LogP contribution in [0.15, 0.2) is 17.3 Å². The summed E-state index contributed by atoms with van der Waals surface area (Å²) in [6.45, 7) is 10.3. The Morgan fingerprint density at radius 1 is 1.47 bits per heavy atom. The molecule has 0 saturated carbocycles. The number of rotatable bonds is 6. The number of nitrogens with two attached hydrogens (primary N) is 1. The zero-order valence-electron chi connectivity index (χ0n) is 12.2. The summed E-state index contributed by atoms with van der Waals surface area (Å²) in [6, 6.07) is 3.68. The fraction of sp³-hybridized carbons (Fsp3) is 0.571. The molecule has 1 aromatic rings. The molecule has 0 amide bonds. The Kier molecular flexibility index (Phi) is 5.60. The summed E-state index contributed by atoms with van der Waals surface area (Å²) in [4.78, 5) is 6.76. The summed E-state index contributed by atoms with van der Waals surface area (Å²) in [5.41, 5.74) is 7.22. The van der Waals surface area contributed by atoms with Crippen molar-refractivity contribution < 1.29 is 5.21 Å². The second-order valence-electron chi connectivity index (χ2n) is 4.89. The van der Waals surface area contributed by atoms with Crippen molar-refractivity contribution >= 4 is 11.7 Å². The lowest BCUT2D eigenvalue weighted by molar-refractivity contribution is 0.318. The molecular weight excluding hydrogens is 240 g/mol. The third-order valence-electron chi connectivity index (χ3n) is 3.28. The Morgan fingerprint density at radius 3 is 2.68 bits per heavy atom. The molecule has 106 valence electrons. The summed E-state index contributed by atoms with van der Waals surface area (Å²) in [6.07, 6.45) is 1.13. The maximum Gasteiger partial charge on any atom is 0.170 e. The third kappa shape index (κ3) is 4.12. The molecule has 1 unspecified atom stereocenters. The quantitative estimate of drug-likeness (QED) is 0.358. The predicted molar refractivity (Wildman–Crippen MR) is 78.8 cm³/mol. The second-order valence-corrected chi connectivity index (χ2v) is 4.89. The lowest BCUT2D eigenvalue weighted by Crippen LogP contribution is -2.29. The monoisotopic (exact) mass is 264 g/mol. The van der Waals surface area contributed by atoms with Crippen molar-refractivity contribution in [2.75, 3.05) is 18.0 Å². The minimum absolute atomic E-state index is 0.117. The molecular formula is C14H24N4O. The van der Waals surface area contributed by atoms with Crippen LogP contribution in [0.5, 0.6) is 0 Å². The molecule has 0 spiro atoms. The van der Waals surface area contributed by atoms with Crippen molar-refractivity contribution in [2.45, 2.75) is 34.1 Å². The summed E-state index contributed by atoms with van der Waals surface area (Å²) >= 11 is 0. The van der Waals surface area contributed by atoms with Crippen molar-refractivity contribution in [3.8, 4) is 0 Å². The van der Waals surface area contributed by atoms with Crippen molar-refractivity contribution in [1.29, 1.82) is 0 Å². The van der Waals surface area contributed by atoms with Gasteiger partial charge in [-0.25, -0.2) is 4.98 Å². The topological polar surface area (TPSA) is 74.7 Å². The highest BCUT2D eigenvalue weighted by atomic mass is 16.4. The number of oxime groups is 1. The van der Waals surface area contributed by atoms with Crippen LogP contribution in [0.3, 0.4) is 0 Å². The van der Waals surface area contributed by atoms with Crippen molar-refractivity contribution in [1.82, 2.24) is 4.98 Å². The lowest BCUT2D eigenvalue weighted by atomic mass is 10.1. The number of aryl methyl sites for hydroxylation is 1. The fourth-order valence-electron chi connectivity index (χ4n) is 1.91. The van der Waals surface area contributed by atoms with Gasteiger partial charge in [-0.1, -0.05) is 25.4 Å². The van der Waals surface area contributed by atoms with Crippen LogP contribution >= 0.6 is 0 Å². The molecule has 0 aliphatic carbocycles. The van der Waals surface area contributed by atoms with Gasteiger partial charge in [0.1, 0.15) is 5.82 Å². The zero-order valence-corrected chi connectivity index (χ0v) is 12.2. The number of nitrogens with zero attached hydrogens (tertiary/aromatic N) is 3. The zero-order chi connectivity index (χ0) is 14.4.